The van der Waals surface area contributed by atoms with Crippen molar-refractivity contribution in [2.24, 2.45) is 12.2 Å². The molecule has 0 saturated heterocycles. The topological polar surface area (TPSA) is 105 Å². The minimum Gasteiger partial charge on any atom is -0.465 e. The molecule has 0 aliphatic heterocycles. The van der Waals surface area contributed by atoms with Gasteiger partial charge in [0.15, 0.2) is 0 Å². The van der Waals surface area contributed by atoms with E-state index in [9.17, 15) is 4.79 Å². The van der Waals surface area contributed by atoms with E-state index in [0.29, 0.717) is 13.2 Å². The molecule has 0 amide bonds. The minimum atomic E-state index is -0.595. The van der Waals surface area contributed by atoms with Crippen molar-refractivity contribution in [3.8, 4) is 0 Å². The smallest absolute Gasteiger partial charge is 0.327 e. The molecule has 1 rings (SSSR count). The molecule has 8 heteroatoms. The average molecular weight is 266 g/mol. The average Bonchev–Trinajstić information content (AvgIpc) is 2.68. The molecule has 8 nitrogen and oxygen atoms in total. The van der Waals surface area contributed by atoms with Crippen LogP contribution < -0.4 is 5.32 Å². The fraction of sp³-hybridized carbons (Fsp3) is 0.636. The van der Waals surface area contributed by atoms with Crippen molar-refractivity contribution >= 4 is 5.97 Å². The summed E-state index contributed by atoms with van der Waals surface area (Å²) in [5, 5.41) is 10.6. The summed E-state index contributed by atoms with van der Waals surface area (Å²) in [7, 11) is 1.79. The first-order valence-corrected chi connectivity index (χ1v) is 6.01. The van der Waals surface area contributed by atoms with E-state index in [1.165, 1.54) is 0 Å². The second kappa shape index (κ2) is 7.40. The lowest BCUT2D eigenvalue weighted by Gasteiger charge is -2.16. The maximum Gasteiger partial charge on any atom is 0.327 e. The first-order valence-electron chi connectivity index (χ1n) is 6.01. The molecular formula is C11H18N6O2. The highest BCUT2D eigenvalue weighted by Crippen LogP contribution is 2.17. The van der Waals surface area contributed by atoms with Gasteiger partial charge in [0.2, 0.25) is 0 Å². The van der Waals surface area contributed by atoms with E-state index in [2.05, 4.69) is 20.4 Å². The van der Waals surface area contributed by atoms with Gasteiger partial charge in [-0.2, -0.15) is 5.10 Å². The Bertz CT molecular complexity index is 478. The molecule has 0 bridgehead atoms. The van der Waals surface area contributed by atoms with Crippen LogP contribution in [0.1, 0.15) is 24.2 Å². The summed E-state index contributed by atoms with van der Waals surface area (Å²) >= 11 is 0. The molecule has 1 N–H and O–H groups in total. The van der Waals surface area contributed by atoms with Gasteiger partial charge in [-0.05, 0) is 19.4 Å². The van der Waals surface area contributed by atoms with Crippen molar-refractivity contribution in [3.05, 3.63) is 27.9 Å². The molecule has 0 aromatic carbocycles. The van der Waals surface area contributed by atoms with E-state index in [0.717, 1.165) is 11.3 Å². The van der Waals surface area contributed by atoms with Crippen molar-refractivity contribution in [2.45, 2.75) is 19.9 Å². The summed E-state index contributed by atoms with van der Waals surface area (Å²) < 4.78 is 6.68. The summed E-state index contributed by atoms with van der Waals surface area (Å²) in [6, 6.07) is -0.595. The number of esters is 1. The van der Waals surface area contributed by atoms with E-state index < -0.39 is 6.04 Å². The van der Waals surface area contributed by atoms with Gasteiger partial charge < -0.3 is 10.1 Å². The van der Waals surface area contributed by atoms with Gasteiger partial charge in [-0.25, -0.2) is 4.79 Å². The number of aryl methyl sites for hydroxylation is 2. The highest BCUT2D eigenvalue weighted by molar-refractivity contribution is 5.77. The summed E-state index contributed by atoms with van der Waals surface area (Å²) in [5.41, 5.74) is 9.74. The number of rotatable bonds is 7. The standard InChI is InChI=1S/C11H18N6O2/c1-4-19-11(18)10(13-5-6-14-16-12)9-7-17(3)15-8(9)2/h7,10,13H,4-6H2,1-3H3. The third-order valence-corrected chi connectivity index (χ3v) is 2.51. The highest BCUT2D eigenvalue weighted by atomic mass is 16.5. The Hall–Kier alpha value is -2.05. The summed E-state index contributed by atoms with van der Waals surface area (Å²) in [6.07, 6.45) is 1.78. The molecule has 0 saturated carbocycles. The van der Waals surface area contributed by atoms with Crippen LogP contribution in [0.5, 0.6) is 0 Å². The zero-order valence-electron chi connectivity index (χ0n) is 11.3. The molecule has 104 valence electrons. The molecule has 0 aliphatic rings. The van der Waals surface area contributed by atoms with Gasteiger partial charge >= 0.3 is 5.97 Å². The Morgan fingerprint density at radius 2 is 2.47 bits per heavy atom. The summed E-state index contributed by atoms with van der Waals surface area (Å²) in [4.78, 5) is 14.6. The Balaban J connectivity index is 2.82. The maximum absolute atomic E-state index is 11.9. The van der Waals surface area contributed by atoms with Crippen LogP contribution in [0.3, 0.4) is 0 Å². The quantitative estimate of drug-likeness (QED) is 0.263. The molecule has 1 heterocycles. The molecule has 19 heavy (non-hydrogen) atoms. The van der Waals surface area contributed by atoms with Crippen molar-refractivity contribution in [1.29, 1.82) is 0 Å². The fourth-order valence-electron chi connectivity index (χ4n) is 1.75. The maximum atomic E-state index is 11.9. The zero-order valence-corrected chi connectivity index (χ0v) is 11.3. The van der Waals surface area contributed by atoms with Crippen molar-refractivity contribution in [3.63, 3.8) is 0 Å². The molecular weight excluding hydrogens is 248 g/mol. The largest absolute Gasteiger partial charge is 0.465 e. The predicted molar refractivity (Wildman–Crippen MR) is 69.3 cm³/mol. The molecule has 0 spiro atoms. The fourth-order valence-corrected chi connectivity index (χ4v) is 1.75. The second-order valence-corrected chi connectivity index (χ2v) is 3.94. The van der Waals surface area contributed by atoms with E-state index in [1.54, 1.807) is 24.9 Å². The number of ether oxygens (including phenoxy) is 1. The van der Waals surface area contributed by atoms with Gasteiger partial charge in [0.25, 0.3) is 0 Å². The number of hydrogen-bond acceptors (Lipinski definition) is 5. The first-order chi connectivity index (χ1) is 9.10. The Labute approximate surface area is 111 Å². The van der Waals surface area contributed by atoms with Crippen molar-refractivity contribution in [1.82, 2.24) is 15.1 Å². The van der Waals surface area contributed by atoms with Crippen LogP contribution in [0.25, 0.3) is 10.4 Å². The van der Waals surface area contributed by atoms with E-state index in [-0.39, 0.29) is 12.5 Å². The Kier molecular flexibility index (Phi) is 5.84. The van der Waals surface area contributed by atoms with Crippen LogP contribution in [-0.2, 0) is 16.6 Å². The second-order valence-electron chi connectivity index (χ2n) is 3.94. The zero-order chi connectivity index (χ0) is 14.3. The van der Waals surface area contributed by atoms with Crippen LogP contribution >= 0.6 is 0 Å². The Morgan fingerprint density at radius 3 is 3.00 bits per heavy atom. The number of aromatic nitrogens is 2. The van der Waals surface area contributed by atoms with Gasteiger partial charge in [-0.3, -0.25) is 4.68 Å². The lowest BCUT2D eigenvalue weighted by atomic mass is 10.1. The van der Waals surface area contributed by atoms with E-state index in [1.807, 2.05) is 6.92 Å². The lowest BCUT2D eigenvalue weighted by Crippen LogP contribution is -2.32. The molecule has 1 atom stereocenters. The van der Waals surface area contributed by atoms with E-state index >= 15 is 0 Å². The minimum absolute atomic E-state index is 0.270. The van der Waals surface area contributed by atoms with Crippen LogP contribution in [-0.4, -0.2) is 35.4 Å². The molecule has 0 fully saturated rings. The summed E-state index contributed by atoms with van der Waals surface area (Å²) in [6.45, 7) is 4.56. The molecule has 0 radical (unpaired) electrons. The van der Waals surface area contributed by atoms with Gasteiger partial charge in [0.05, 0.1) is 12.3 Å². The number of carbonyl (C=O) groups excluding carboxylic acids is 1. The van der Waals surface area contributed by atoms with Crippen LogP contribution in [0.2, 0.25) is 0 Å². The first kappa shape index (κ1) is 15.0. The third kappa shape index (κ3) is 4.27. The number of nitrogens with zero attached hydrogens (tertiary/aromatic N) is 5. The monoisotopic (exact) mass is 266 g/mol. The van der Waals surface area contributed by atoms with Crippen LogP contribution in [0.4, 0.5) is 0 Å². The van der Waals surface area contributed by atoms with Gasteiger partial charge in [-0.1, -0.05) is 5.11 Å². The summed E-state index contributed by atoms with van der Waals surface area (Å²) in [5.74, 6) is -0.362. The molecule has 0 aliphatic carbocycles. The number of azide groups is 1. The predicted octanol–water partition coefficient (Wildman–Crippen LogP) is 1.23. The highest BCUT2D eigenvalue weighted by Gasteiger charge is 2.24. The van der Waals surface area contributed by atoms with Crippen LogP contribution in [0.15, 0.2) is 11.3 Å². The number of carbonyl (C=O) groups is 1. The molecule has 1 unspecified atom stereocenters. The van der Waals surface area contributed by atoms with Crippen molar-refractivity contribution in [2.75, 3.05) is 19.7 Å². The molecule has 1 aromatic heterocycles. The number of hydrogen-bond donors (Lipinski definition) is 1. The van der Waals surface area contributed by atoms with E-state index in [4.69, 9.17) is 10.3 Å². The normalized spacial score (nSPS) is 11.7. The SMILES string of the molecule is CCOC(=O)C(NCCN=[N+]=[N-])c1cn(C)nc1C. The van der Waals surface area contributed by atoms with Gasteiger partial charge in [0, 0.05) is 36.8 Å². The third-order valence-electron chi connectivity index (χ3n) is 2.51. The number of nitrogens with one attached hydrogen (secondary N) is 1. The van der Waals surface area contributed by atoms with Gasteiger partial charge in [0.1, 0.15) is 6.04 Å². The molecule has 1 aromatic rings. The van der Waals surface area contributed by atoms with Crippen molar-refractivity contribution < 1.29 is 9.53 Å². The lowest BCUT2D eigenvalue weighted by molar-refractivity contribution is -0.145. The van der Waals surface area contributed by atoms with Gasteiger partial charge in [-0.15, -0.1) is 0 Å². The Morgan fingerprint density at radius 1 is 1.74 bits per heavy atom. The van der Waals surface area contributed by atoms with Crippen LogP contribution in [0, 0.1) is 6.92 Å².